The van der Waals surface area contributed by atoms with Crippen LogP contribution in [0.25, 0.3) is 0 Å². The molecule has 2 aromatic carbocycles. The van der Waals surface area contributed by atoms with Crippen molar-refractivity contribution < 1.29 is 34.7 Å². The number of fused-ring (bicyclic) bond motifs is 1. The van der Waals surface area contributed by atoms with Crippen molar-refractivity contribution in [1.82, 2.24) is 0 Å². The molecule has 7 nitrogen and oxygen atoms in total. The van der Waals surface area contributed by atoms with E-state index < -0.39 is 23.7 Å². The van der Waals surface area contributed by atoms with E-state index in [0.29, 0.717) is 12.0 Å². The number of phenols is 3. The van der Waals surface area contributed by atoms with Gasteiger partial charge in [-0.25, -0.2) is 0 Å². The molecule has 0 aliphatic carbocycles. The minimum atomic E-state index is -2.14. The number of aliphatic hydroxyl groups is 1. The fourth-order valence-electron chi connectivity index (χ4n) is 3.26. The summed E-state index contributed by atoms with van der Waals surface area (Å²) in [7, 11) is 1.38. The molecule has 7 heteroatoms. The fourth-order valence-corrected chi connectivity index (χ4v) is 3.26. The van der Waals surface area contributed by atoms with Crippen molar-refractivity contribution in [3.05, 3.63) is 52.6 Å². The van der Waals surface area contributed by atoms with Crippen LogP contribution < -0.4 is 9.47 Å². The van der Waals surface area contributed by atoms with E-state index in [-0.39, 0.29) is 34.1 Å². The molecule has 0 amide bonds. The summed E-state index contributed by atoms with van der Waals surface area (Å²) in [5, 5.41) is 41.2. The largest absolute Gasteiger partial charge is 0.508 e. The highest BCUT2D eigenvalue weighted by molar-refractivity contribution is 6.08. The number of hydrogen-bond acceptors (Lipinski definition) is 7. The number of allylic oxidation sites excluding steroid dienone is 2. The Hall–Kier alpha value is -3.19. The number of carbonyl (C=O) groups is 1. The van der Waals surface area contributed by atoms with Gasteiger partial charge in [0.1, 0.15) is 40.9 Å². The van der Waals surface area contributed by atoms with Crippen LogP contribution in [-0.2, 0) is 12.0 Å². The topological polar surface area (TPSA) is 116 Å². The number of aromatic hydroxyl groups is 3. The zero-order valence-electron chi connectivity index (χ0n) is 15.8. The van der Waals surface area contributed by atoms with E-state index in [2.05, 4.69) is 0 Å². The number of phenolic OH excluding ortho intramolecular Hbond substituents is 3. The van der Waals surface area contributed by atoms with Crippen LogP contribution in [0, 0.1) is 0 Å². The second-order valence-corrected chi connectivity index (χ2v) is 6.95. The van der Waals surface area contributed by atoms with E-state index in [1.165, 1.54) is 25.3 Å². The molecule has 0 radical (unpaired) electrons. The second kappa shape index (κ2) is 7.09. The van der Waals surface area contributed by atoms with Gasteiger partial charge in [0.05, 0.1) is 7.11 Å². The van der Waals surface area contributed by atoms with Crippen LogP contribution in [0.4, 0.5) is 0 Å². The first-order valence-corrected chi connectivity index (χ1v) is 8.67. The summed E-state index contributed by atoms with van der Waals surface area (Å²) in [6.07, 6.45) is 2.22. The molecular weight excluding hydrogens is 364 g/mol. The maximum atomic E-state index is 13.1. The summed E-state index contributed by atoms with van der Waals surface area (Å²) in [6.45, 7) is 3.38. The Balaban J connectivity index is 2.16. The highest BCUT2D eigenvalue weighted by atomic mass is 16.5. The first-order valence-electron chi connectivity index (χ1n) is 8.67. The molecule has 3 rings (SSSR count). The number of ether oxygens (including phenoxy) is 2. The van der Waals surface area contributed by atoms with E-state index in [1.807, 2.05) is 19.9 Å². The molecule has 148 valence electrons. The number of hydrogen-bond donors (Lipinski definition) is 4. The lowest BCUT2D eigenvalue weighted by atomic mass is 9.82. The molecule has 1 heterocycles. The van der Waals surface area contributed by atoms with E-state index in [0.717, 1.165) is 11.6 Å². The maximum Gasteiger partial charge on any atom is 0.210 e. The highest BCUT2D eigenvalue weighted by Gasteiger charge is 2.48. The van der Waals surface area contributed by atoms with Crippen molar-refractivity contribution in [2.45, 2.75) is 25.9 Å². The smallest absolute Gasteiger partial charge is 0.210 e. The molecule has 0 aromatic heterocycles. The molecule has 1 aliphatic heterocycles. The number of carbonyl (C=O) groups excluding carboxylic acids is 1. The predicted octanol–water partition coefficient (Wildman–Crippen LogP) is 2.78. The molecule has 28 heavy (non-hydrogen) atoms. The van der Waals surface area contributed by atoms with Crippen LogP contribution in [0.15, 0.2) is 35.9 Å². The summed E-state index contributed by atoms with van der Waals surface area (Å²) in [4.78, 5) is 13.1. The van der Waals surface area contributed by atoms with Crippen molar-refractivity contribution in [3.63, 3.8) is 0 Å². The van der Waals surface area contributed by atoms with Gasteiger partial charge in [0.25, 0.3) is 0 Å². The SMILES string of the molecule is COc1c([C@]2(O)COc3cc(O)cc(O)c3C2=O)ccc(O)c1CC=C(C)C. The van der Waals surface area contributed by atoms with Gasteiger partial charge in [-0.3, -0.25) is 4.79 Å². The Morgan fingerprint density at radius 2 is 1.93 bits per heavy atom. The zero-order chi connectivity index (χ0) is 20.6. The van der Waals surface area contributed by atoms with E-state index in [4.69, 9.17) is 9.47 Å². The minimum Gasteiger partial charge on any atom is -0.508 e. The highest BCUT2D eigenvalue weighted by Crippen LogP contribution is 2.46. The summed E-state index contributed by atoms with van der Waals surface area (Å²) in [5.74, 6) is -1.43. The van der Waals surface area contributed by atoms with Crippen LogP contribution in [0.1, 0.15) is 35.3 Å². The molecule has 0 saturated carbocycles. The molecular formula is C21H22O7. The predicted molar refractivity (Wildman–Crippen MR) is 101 cm³/mol. The van der Waals surface area contributed by atoms with Crippen molar-refractivity contribution >= 4 is 5.78 Å². The second-order valence-electron chi connectivity index (χ2n) is 6.95. The molecule has 0 spiro atoms. The standard InChI is InChI=1S/C21H22O7/c1-11(2)4-5-13-15(23)7-6-14(19(13)27-3)21(26)10-28-17-9-12(22)8-16(24)18(17)20(21)25/h4,6-9,22-24,26H,5,10H2,1-3H3/t21-/m1/s1. The number of benzene rings is 2. The monoisotopic (exact) mass is 386 g/mol. The fraction of sp³-hybridized carbons (Fsp3) is 0.286. The van der Waals surface area contributed by atoms with Crippen LogP contribution >= 0.6 is 0 Å². The first kappa shape index (κ1) is 19.6. The number of methoxy groups -OCH3 is 1. The van der Waals surface area contributed by atoms with Crippen molar-refractivity contribution in [3.8, 4) is 28.7 Å². The molecule has 0 fully saturated rings. The number of ketones is 1. The quantitative estimate of drug-likeness (QED) is 0.597. The molecule has 0 bridgehead atoms. The Kier molecular flexibility index (Phi) is 4.95. The molecule has 1 atom stereocenters. The van der Waals surface area contributed by atoms with Gasteiger partial charge in [-0.15, -0.1) is 0 Å². The van der Waals surface area contributed by atoms with E-state index >= 15 is 0 Å². The normalized spacial score (nSPS) is 18.2. The van der Waals surface area contributed by atoms with Gasteiger partial charge in [0.2, 0.25) is 5.78 Å². The third-order valence-electron chi connectivity index (χ3n) is 4.71. The van der Waals surface area contributed by atoms with Gasteiger partial charge in [-0.05, 0) is 32.4 Å². The summed E-state index contributed by atoms with van der Waals surface area (Å²) < 4.78 is 10.9. The number of Topliss-reactive ketones (excluding diaryl/α,β-unsaturated/α-hetero) is 1. The lowest BCUT2D eigenvalue weighted by Crippen LogP contribution is -2.45. The van der Waals surface area contributed by atoms with Crippen LogP contribution in [0.2, 0.25) is 0 Å². The Morgan fingerprint density at radius 1 is 1.21 bits per heavy atom. The van der Waals surface area contributed by atoms with Crippen LogP contribution in [0.3, 0.4) is 0 Å². The van der Waals surface area contributed by atoms with Crippen molar-refractivity contribution in [1.29, 1.82) is 0 Å². The average molecular weight is 386 g/mol. The summed E-state index contributed by atoms with van der Waals surface area (Å²) >= 11 is 0. The van der Waals surface area contributed by atoms with Crippen LogP contribution in [-0.4, -0.2) is 39.9 Å². The molecule has 2 aromatic rings. The van der Waals surface area contributed by atoms with Gasteiger partial charge in [-0.1, -0.05) is 11.6 Å². The lowest BCUT2D eigenvalue weighted by Gasteiger charge is -2.34. The van der Waals surface area contributed by atoms with Gasteiger partial charge in [0.15, 0.2) is 5.60 Å². The Labute approximate surface area is 162 Å². The first-order chi connectivity index (χ1) is 13.2. The molecule has 1 aliphatic rings. The molecule has 4 N–H and O–H groups in total. The van der Waals surface area contributed by atoms with Gasteiger partial charge in [-0.2, -0.15) is 0 Å². The zero-order valence-corrected chi connectivity index (χ0v) is 15.8. The Bertz CT molecular complexity index is 973. The van der Waals surface area contributed by atoms with E-state index in [1.54, 1.807) is 0 Å². The summed E-state index contributed by atoms with van der Waals surface area (Å²) in [5.41, 5.74) is -0.801. The lowest BCUT2D eigenvalue weighted by molar-refractivity contribution is -0.00680. The summed E-state index contributed by atoms with van der Waals surface area (Å²) in [6, 6.07) is 4.97. The van der Waals surface area contributed by atoms with Crippen molar-refractivity contribution in [2.75, 3.05) is 13.7 Å². The molecule has 0 unspecified atom stereocenters. The van der Waals surface area contributed by atoms with E-state index in [9.17, 15) is 25.2 Å². The third kappa shape index (κ3) is 3.14. The average Bonchev–Trinajstić information content (AvgIpc) is 2.62. The number of rotatable bonds is 4. The van der Waals surface area contributed by atoms with Gasteiger partial charge in [0, 0.05) is 23.3 Å². The maximum absolute atomic E-state index is 13.1. The minimum absolute atomic E-state index is 0.0188. The third-order valence-corrected chi connectivity index (χ3v) is 4.71. The molecule has 0 saturated heterocycles. The Morgan fingerprint density at radius 3 is 2.57 bits per heavy atom. The van der Waals surface area contributed by atoms with Gasteiger partial charge < -0.3 is 29.9 Å². The van der Waals surface area contributed by atoms with Crippen molar-refractivity contribution in [2.24, 2.45) is 0 Å². The van der Waals surface area contributed by atoms with Crippen LogP contribution in [0.5, 0.6) is 28.7 Å². The van der Waals surface area contributed by atoms with Gasteiger partial charge >= 0.3 is 0 Å².